The van der Waals surface area contributed by atoms with Crippen molar-refractivity contribution < 1.29 is 24.5 Å². The van der Waals surface area contributed by atoms with E-state index in [1.54, 1.807) is 11.0 Å². The Morgan fingerprint density at radius 3 is 2.50 bits per heavy atom. The molecule has 0 bridgehead atoms. The van der Waals surface area contributed by atoms with Gasteiger partial charge in [-0.3, -0.25) is 9.59 Å². The lowest BCUT2D eigenvalue weighted by molar-refractivity contribution is -0.146. The summed E-state index contributed by atoms with van der Waals surface area (Å²) in [5.74, 6) is 0.221. The van der Waals surface area contributed by atoms with Crippen LogP contribution in [0.2, 0.25) is 0 Å². The molecule has 2 aliphatic rings. The molecular formula is C28H33IN2O5. The van der Waals surface area contributed by atoms with Crippen molar-refractivity contribution in [1.29, 1.82) is 0 Å². The van der Waals surface area contributed by atoms with Crippen molar-refractivity contribution >= 4 is 34.4 Å². The highest BCUT2D eigenvalue weighted by Crippen LogP contribution is 2.34. The standard InChI is InChI=1S/C28H33IN2O5/c1-18-9-11-19(12-10-18)17-31(28(35)20-5-4-6-20)23-15-21(27(34)30-13-14-32)16-25(26(23)33)36-24-8-3-2-7-22(24)29/h2-3,7-12,16,20,23,25-26,32-33H,4-6,13-15,17H2,1H3,(H,30,34). The Bertz CT molecular complexity index is 1100. The van der Waals surface area contributed by atoms with Crippen LogP contribution in [0.15, 0.2) is 60.2 Å². The lowest BCUT2D eigenvalue weighted by atomic mass is 9.82. The monoisotopic (exact) mass is 604 g/mol. The Hall–Kier alpha value is -2.43. The van der Waals surface area contributed by atoms with Crippen molar-refractivity contribution in [2.45, 2.75) is 57.4 Å². The van der Waals surface area contributed by atoms with Gasteiger partial charge in [-0.1, -0.05) is 48.4 Å². The van der Waals surface area contributed by atoms with Gasteiger partial charge in [-0.05, 0) is 66.1 Å². The summed E-state index contributed by atoms with van der Waals surface area (Å²) in [6.07, 6.45) is 2.72. The van der Waals surface area contributed by atoms with E-state index in [1.807, 2.05) is 55.5 Å². The number of para-hydroxylation sites is 1. The normalized spacial score (nSPS) is 21.8. The maximum Gasteiger partial charge on any atom is 0.247 e. The summed E-state index contributed by atoms with van der Waals surface area (Å²) >= 11 is 2.17. The van der Waals surface area contributed by atoms with Gasteiger partial charge in [0.25, 0.3) is 0 Å². The highest BCUT2D eigenvalue weighted by Gasteiger charge is 2.42. The molecule has 2 aromatic rings. The summed E-state index contributed by atoms with van der Waals surface area (Å²) < 4.78 is 7.09. The molecule has 0 aromatic heterocycles. The molecule has 1 saturated carbocycles. The van der Waals surface area contributed by atoms with Crippen molar-refractivity contribution in [3.63, 3.8) is 0 Å². The van der Waals surface area contributed by atoms with Gasteiger partial charge in [-0.15, -0.1) is 0 Å². The first-order valence-electron chi connectivity index (χ1n) is 12.4. The molecule has 36 heavy (non-hydrogen) atoms. The lowest BCUT2D eigenvalue weighted by Crippen LogP contribution is -2.56. The van der Waals surface area contributed by atoms with Crippen LogP contribution in [-0.4, -0.2) is 58.3 Å². The van der Waals surface area contributed by atoms with Gasteiger partial charge < -0.3 is 25.2 Å². The number of carbonyl (C=O) groups is 2. The predicted molar refractivity (Wildman–Crippen MR) is 145 cm³/mol. The number of amides is 2. The summed E-state index contributed by atoms with van der Waals surface area (Å²) in [7, 11) is 0. The van der Waals surface area contributed by atoms with Gasteiger partial charge in [-0.2, -0.15) is 0 Å². The van der Waals surface area contributed by atoms with Crippen LogP contribution in [-0.2, 0) is 16.1 Å². The first-order valence-corrected chi connectivity index (χ1v) is 13.5. The number of benzene rings is 2. The predicted octanol–water partition coefficient (Wildman–Crippen LogP) is 3.34. The molecule has 0 heterocycles. The second kappa shape index (κ2) is 12.2. The third-order valence-corrected chi connectivity index (χ3v) is 7.82. The minimum absolute atomic E-state index is 0.0101. The summed E-state index contributed by atoms with van der Waals surface area (Å²) in [6, 6.07) is 14.9. The van der Waals surface area contributed by atoms with Crippen LogP contribution < -0.4 is 10.1 Å². The zero-order valence-corrected chi connectivity index (χ0v) is 22.6. The van der Waals surface area contributed by atoms with E-state index in [-0.39, 0.29) is 37.3 Å². The number of hydrogen-bond donors (Lipinski definition) is 3. The Kier molecular flexibility index (Phi) is 9.03. The van der Waals surface area contributed by atoms with E-state index in [9.17, 15) is 19.8 Å². The summed E-state index contributed by atoms with van der Waals surface area (Å²) in [6.45, 7) is 2.31. The van der Waals surface area contributed by atoms with Gasteiger partial charge in [0.2, 0.25) is 11.8 Å². The lowest BCUT2D eigenvalue weighted by Gasteiger charge is -2.43. The van der Waals surface area contributed by atoms with Crippen LogP contribution in [0.5, 0.6) is 5.75 Å². The van der Waals surface area contributed by atoms with Crippen molar-refractivity contribution in [2.75, 3.05) is 13.2 Å². The van der Waals surface area contributed by atoms with E-state index in [0.29, 0.717) is 17.9 Å². The van der Waals surface area contributed by atoms with Gasteiger partial charge in [0.15, 0.2) is 0 Å². The third kappa shape index (κ3) is 6.27. The molecule has 192 valence electrons. The average molecular weight is 604 g/mol. The number of nitrogens with one attached hydrogen (secondary N) is 1. The van der Waals surface area contributed by atoms with Crippen LogP contribution >= 0.6 is 22.6 Å². The van der Waals surface area contributed by atoms with E-state index in [0.717, 1.165) is 34.0 Å². The third-order valence-electron chi connectivity index (χ3n) is 6.93. The summed E-state index contributed by atoms with van der Waals surface area (Å²) in [5.41, 5.74) is 2.53. The molecule has 3 unspecified atom stereocenters. The molecule has 0 radical (unpaired) electrons. The molecule has 3 N–H and O–H groups in total. The number of carbonyl (C=O) groups excluding carboxylic acids is 2. The molecule has 0 aliphatic heterocycles. The van der Waals surface area contributed by atoms with Crippen molar-refractivity contribution in [3.05, 3.63) is 74.9 Å². The Labute approximate surface area is 225 Å². The molecule has 2 aromatic carbocycles. The zero-order chi connectivity index (χ0) is 25.7. The maximum absolute atomic E-state index is 13.6. The fourth-order valence-electron chi connectivity index (χ4n) is 4.60. The fourth-order valence-corrected chi connectivity index (χ4v) is 5.12. The van der Waals surface area contributed by atoms with Crippen LogP contribution in [0.4, 0.5) is 0 Å². The molecule has 1 fully saturated rings. The van der Waals surface area contributed by atoms with Crippen LogP contribution in [0.25, 0.3) is 0 Å². The Balaban J connectivity index is 1.67. The van der Waals surface area contributed by atoms with Crippen LogP contribution in [0.1, 0.15) is 36.8 Å². The molecule has 3 atom stereocenters. The first-order chi connectivity index (χ1) is 17.4. The van der Waals surface area contributed by atoms with Gasteiger partial charge in [0.1, 0.15) is 18.0 Å². The molecule has 8 heteroatoms. The number of aliphatic hydroxyl groups is 2. The average Bonchev–Trinajstić information content (AvgIpc) is 2.83. The van der Waals surface area contributed by atoms with Crippen molar-refractivity contribution in [1.82, 2.24) is 10.2 Å². The van der Waals surface area contributed by atoms with Gasteiger partial charge in [0.05, 0.1) is 16.2 Å². The number of aryl methyl sites for hydroxylation is 1. The van der Waals surface area contributed by atoms with E-state index < -0.39 is 18.2 Å². The Morgan fingerprint density at radius 2 is 1.86 bits per heavy atom. The molecule has 2 amide bonds. The SMILES string of the molecule is Cc1ccc(CN(C(=O)C2CCC2)C2CC(C(=O)NCCO)=CC(Oc3ccccc3I)C2O)cc1. The molecule has 7 nitrogen and oxygen atoms in total. The summed E-state index contributed by atoms with van der Waals surface area (Å²) in [5, 5.41) is 23.4. The zero-order valence-electron chi connectivity index (χ0n) is 20.4. The van der Waals surface area contributed by atoms with E-state index in [4.69, 9.17) is 4.74 Å². The number of nitrogens with zero attached hydrogens (tertiary/aromatic N) is 1. The van der Waals surface area contributed by atoms with Crippen molar-refractivity contribution in [2.24, 2.45) is 5.92 Å². The van der Waals surface area contributed by atoms with Gasteiger partial charge in [-0.25, -0.2) is 0 Å². The minimum Gasteiger partial charge on any atom is -0.482 e. The second-order valence-electron chi connectivity index (χ2n) is 9.53. The Morgan fingerprint density at radius 1 is 1.14 bits per heavy atom. The van der Waals surface area contributed by atoms with Gasteiger partial charge in [0, 0.05) is 31.0 Å². The van der Waals surface area contributed by atoms with Crippen LogP contribution in [0.3, 0.4) is 0 Å². The maximum atomic E-state index is 13.6. The highest BCUT2D eigenvalue weighted by atomic mass is 127. The number of ether oxygens (including phenoxy) is 1. The first kappa shape index (κ1) is 26.6. The molecule has 4 rings (SSSR count). The topological polar surface area (TPSA) is 99.1 Å². The van der Waals surface area contributed by atoms with Crippen LogP contribution in [0, 0.1) is 16.4 Å². The summed E-state index contributed by atoms with van der Waals surface area (Å²) in [4.78, 5) is 28.3. The quantitative estimate of drug-likeness (QED) is 0.382. The van der Waals surface area contributed by atoms with E-state index in [1.165, 1.54) is 0 Å². The number of halogens is 1. The van der Waals surface area contributed by atoms with E-state index in [2.05, 4.69) is 27.9 Å². The molecular weight excluding hydrogens is 571 g/mol. The van der Waals surface area contributed by atoms with Gasteiger partial charge >= 0.3 is 0 Å². The number of hydrogen-bond acceptors (Lipinski definition) is 5. The fraction of sp³-hybridized carbons (Fsp3) is 0.429. The number of aliphatic hydroxyl groups excluding tert-OH is 2. The molecule has 0 spiro atoms. The number of rotatable bonds is 9. The molecule has 2 aliphatic carbocycles. The van der Waals surface area contributed by atoms with E-state index >= 15 is 0 Å². The highest BCUT2D eigenvalue weighted by molar-refractivity contribution is 14.1. The minimum atomic E-state index is -1.02. The largest absolute Gasteiger partial charge is 0.482 e. The van der Waals surface area contributed by atoms with Crippen molar-refractivity contribution in [3.8, 4) is 5.75 Å². The smallest absolute Gasteiger partial charge is 0.247 e. The molecule has 0 saturated heterocycles. The second-order valence-corrected chi connectivity index (χ2v) is 10.7.